The summed E-state index contributed by atoms with van der Waals surface area (Å²) in [6, 6.07) is 0.932. The van der Waals surface area contributed by atoms with Gasteiger partial charge in [0.15, 0.2) is 17.5 Å². The molecule has 1 aliphatic heterocycles. The Morgan fingerprint density at radius 3 is 2.70 bits per heavy atom. The van der Waals surface area contributed by atoms with Crippen LogP contribution in [0.2, 0.25) is 0 Å². The van der Waals surface area contributed by atoms with Crippen LogP contribution >= 0.6 is 11.8 Å². The van der Waals surface area contributed by atoms with Gasteiger partial charge >= 0.3 is 6.03 Å². The second-order valence-corrected chi connectivity index (χ2v) is 7.14. The van der Waals surface area contributed by atoms with E-state index in [0.29, 0.717) is 11.8 Å². The van der Waals surface area contributed by atoms with E-state index < -0.39 is 46.9 Å². The van der Waals surface area contributed by atoms with Crippen molar-refractivity contribution < 1.29 is 32.0 Å². The van der Waals surface area contributed by atoms with Crippen molar-refractivity contribution in [1.82, 2.24) is 15.1 Å². The van der Waals surface area contributed by atoms with Gasteiger partial charge in [-0.3, -0.25) is 14.5 Å². The van der Waals surface area contributed by atoms with E-state index >= 15 is 0 Å². The summed E-state index contributed by atoms with van der Waals surface area (Å²) in [5.41, 5.74) is -0.182. The number of anilines is 1. The molecule has 13 heteroatoms. The predicted molar refractivity (Wildman–Crippen MR) is 98.4 cm³/mol. The van der Waals surface area contributed by atoms with Gasteiger partial charge in [0.05, 0.1) is 17.4 Å². The second-order valence-electron chi connectivity index (χ2n) is 6.21. The summed E-state index contributed by atoms with van der Waals surface area (Å²) < 4.78 is 45.1. The zero-order valence-electron chi connectivity index (χ0n) is 15.6. The first kappa shape index (κ1) is 21.5. The van der Waals surface area contributed by atoms with Crippen LogP contribution in [0.3, 0.4) is 0 Å². The third-order valence-electron chi connectivity index (χ3n) is 4.15. The van der Waals surface area contributed by atoms with E-state index in [-0.39, 0.29) is 23.3 Å². The first-order chi connectivity index (χ1) is 14.2. The van der Waals surface area contributed by atoms with Gasteiger partial charge in [0.1, 0.15) is 0 Å². The molecule has 0 aliphatic carbocycles. The Balaban J connectivity index is 1.58. The molecular weight excluding hydrogens is 427 g/mol. The van der Waals surface area contributed by atoms with Gasteiger partial charge < -0.3 is 9.73 Å². The number of hydrogen-bond donors (Lipinski definition) is 1. The van der Waals surface area contributed by atoms with E-state index in [1.165, 1.54) is 7.05 Å². The van der Waals surface area contributed by atoms with Crippen molar-refractivity contribution in [3.8, 4) is 0 Å². The summed E-state index contributed by atoms with van der Waals surface area (Å²) in [4.78, 5) is 40.3. The number of carbonyl (C=O) groups is 3. The summed E-state index contributed by atoms with van der Waals surface area (Å²) in [7, 11) is 1.32. The monoisotopic (exact) mass is 441 g/mol. The van der Waals surface area contributed by atoms with Crippen LogP contribution in [-0.2, 0) is 16.0 Å². The molecule has 1 aromatic carbocycles. The topological polar surface area (TPSA) is 118 Å². The van der Waals surface area contributed by atoms with E-state index in [1.807, 2.05) is 0 Å². The number of aromatic nitrogens is 2. The van der Waals surface area contributed by atoms with Crippen LogP contribution in [-0.4, -0.2) is 51.5 Å². The fourth-order valence-corrected chi connectivity index (χ4v) is 3.12. The minimum absolute atomic E-state index is 0.00758. The largest absolute Gasteiger partial charge is 0.416 e. The molecule has 2 heterocycles. The molecule has 0 radical (unpaired) electrons. The van der Waals surface area contributed by atoms with Crippen LogP contribution in [0.1, 0.15) is 12.8 Å². The van der Waals surface area contributed by atoms with Gasteiger partial charge in [0.2, 0.25) is 17.7 Å². The molecule has 0 saturated heterocycles. The normalized spacial score (nSPS) is 16.6. The summed E-state index contributed by atoms with van der Waals surface area (Å²) in [6.45, 7) is 1.54. The Kier molecular flexibility index (Phi) is 6.20. The number of hydrogen-bond acceptors (Lipinski definition) is 7. The lowest BCUT2D eigenvalue weighted by Gasteiger charge is -2.24. The minimum atomic E-state index is -1.69. The number of amides is 4. The van der Waals surface area contributed by atoms with Crippen molar-refractivity contribution in [3.63, 3.8) is 0 Å². The number of thioether (sulfide) groups is 1. The molecule has 9 nitrogen and oxygen atoms in total. The molecule has 3 rings (SSSR count). The van der Waals surface area contributed by atoms with Crippen molar-refractivity contribution in [3.05, 3.63) is 35.5 Å². The number of aliphatic imine (C=N–C) groups is 1. The van der Waals surface area contributed by atoms with Crippen molar-refractivity contribution in [2.75, 3.05) is 18.1 Å². The molecule has 1 aliphatic rings. The van der Waals surface area contributed by atoms with E-state index in [1.54, 1.807) is 6.92 Å². The van der Waals surface area contributed by atoms with Gasteiger partial charge in [0.25, 0.3) is 5.22 Å². The summed E-state index contributed by atoms with van der Waals surface area (Å²) in [6.07, 6.45) is 0.0195. The second kappa shape index (κ2) is 8.65. The molecule has 1 N–H and O–H groups in total. The number of carbonyl (C=O) groups excluding carboxylic acids is 3. The molecule has 0 fully saturated rings. The SMILES string of the molecule is CC1=NC(=O)N(C)C(=O)C1Cc1nnc(SCC(=O)Nc2ccc(F)c(F)c2F)o1. The van der Waals surface area contributed by atoms with Crippen molar-refractivity contribution in [2.45, 2.75) is 18.6 Å². The standard InChI is InChI=1S/C17H14F3N5O4S/c1-7-8(15(27)25(2)16(28)21-7)5-12-23-24-17(29-12)30-6-11(26)22-10-4-3-9(18)13(19)14(10)20/h3-4,8H,5-6H2,1-2H3,(H,22,26). The van der Waals surface area contributed by atoms with Gasteiger partial charge in [0, 0.05) is 19.2 Å². The average molecular weight is 441 g/mol. The number of imide groups is 1. The highest BCUT2D eigenvalue weighted by molar-refractivity contribution is 7.99. The van der Waals surface area contributed by atoms with Crippen LogP contribution in [0.25, 0.3) is 0 Å². The first-order valence-corrected chi connectivity index (χ1v) is 9.41. The van der Waals surface area contributed by atoms with Crippen LogP contribution < -0.4 is 5.32 Å². The van der Waals surface area contributed by atoms with Crippen LogP contribution in [0.4, 0.5) is 23.7 Å². The maximum Gasteiger partial charge on any atom is 0.349 e. The maximum atomic E-state index is 13.6. The lowest BCUT2D eigenvalue weighted by molar-refractivity contribution is -0.129. The fraction of sp³-hybridized carbons (Fsp3) is 0.294. The van der Waals surface area contributed by atoms with Gasteiger partial charge in [-0.1, -0.05) is 11.8 Å². The molecule has 1 unspecified atom stereocenters. The molecule has 0 bridgehead atoms. The molecule has 1 atom stereocenters. The number of nitrogens with one attached hydrogen (secondary N) is 1. The van der Waals surface area contributed by atoms with Gasteiger partial charge in [-0.2, -0.15) is 0 Å². The van der Waals surface area contributed by atoms with E-state index in [2.05, 4.69) is 20.5 Å². The Labute approximate surface area is 171 Å². The number of nitrogens with zero attached hydrogens (tertiary/aromatic N) is 4. The van der Waals surface area contributed by atoms with E-state index in [0.717, 1.165) is 22.7 Å². The molecule has 158 valence electrons. The maximum absolute atomic E-state index is 13.6. The highest BCUT2D eigenvalue weighted by Crippen LogP contribution is 2.23. The molecule has 1 aromatic heterocycles. The number of rotatable bonds is 6. The number of urea groups is 1. The fourth-order valence-electron chi connectivity index (χ4n) is 2.54. The van der Waals surface area contributed by atoms with E-state index in [4.69, 9.17) is 4.42 Å². The highest BCUT2D eigenvalue weighted by Gasteiger charge is 2.34. The van der Waals surface area contributed by atoms with Crippen LogP contribution in [0.5, 0.6) is 0 Å². The van der Waals surface area contributed by atoms with Gasteiger partial charge in [-0.05, 0) is 19.1 Å². The molecule has 0 saturated carbocycles. The Morgan fingerprint density at radius 2 is 1.97 bits per heavy atom. The Bertz CT molecular complexity index is 1060. The molecule has 30 heavy (non-hydrogen) atoms. The van der Waals surface area contributed by atoms with Gasteiger partial charge in [-0.25, -0.2) is 23.0 Å². The average Bonchev–Trinajstić information content (AvgIpc) is 3.16. The minimum Gasteiger partial charge on any atom is -0.416 e. The van der Waals surface area contributed by atoms with Gasteiger partial charge in [-0.15, -0.1) is 10.2 Å². The smallest absolute Gasteiger partial charge is 0.349 e. The van der Waals surface area contributed by atoms with Crippen molar-refractivity contribution in [1.29, 1.82) is 0 Å². The summed E-state index contributed by atoms with van der Waals surface area (Å²) >= 11 is 0.824. The summed E-state index contributed by atoms with van der Waals surface area (Å²) in [5, 5.41) is 9.65. The number of benzene rings is 1. The number of halogens is 3. The third kappa shape index (κ3) is 4.50. The van der Waals surface area contributed by atoms with Crippen molar-refractivity contribution >= 4 is 41.0 Å². The first-order valence-electron chi connectivity index (χ1n) is 8.42. The quantitative estimate of drug-likeness (QED) is 0.540. The predicted octanol–water partition coefficient (Wildman–Crippen LogP) is 2.43. The zero-order valence-corrected chi connectivity index (χ0v) is 16.4. The highest BCUT2D eigenvalue weighted by atomic mass is 32.2. The lowest BCUT2D eigenvalue weighted by Crippen LogP contribution is -2.44. The molecule has 0 spiro atoms. The Morgan fingerprint density at radius 1 is 1.23 bits per heavy atom. The van der Waals surface area contributed by atoms with Crippen LogP contribution in [0.15, 0.2) is 26.8 Å². The van der Waals surface area contributed by atoms with Crippen LogP contribution in [0, 0.1) is 23.4 Å². The lowest BCUT2D eigenvalue weighted by atomic mass is 9.97. The molecular formula is C17H14F3N5O4S. The zero-order chi connectivity index (χ0) is 22.0. The molecule has 2 aromatic rings. The third-order valence-corrected chi connectivity index (χ3v) is 4.97. The Hall–Kier alpha value is -3.22. The van der Waals surface area contributed by atoms with Crippen molar-refractivity contribution in [2.24, 2.45) is 10.9 Å². The summed E-state index contributed by atoms with van der Waals surface area (Å²) in [5.74, 6) is -6.64. The molecule has 4 amide bonds. The van der Waals surface area contributed by atoms with E-state index in [9.17, 15) is 27.6 Å².